The minimum absolute atomic E-state index is 0.106. The van der Waals surface area contributed by atoms with Gasteiger partial charge in [-0.2, -0.15) is 5.10 Å². The third-order valence-corrected chi connectivity index (χ3v) is 6.11. The Bertz CT molecular complexity index is 1540. The number of fused-ring (bicyclic) bond motifs is 2. The van der Waals surface area contributed by atoms with Gasteiger partial charge in [-0.1, -0.05) is 48.5 Å². The summed E-state index contributed by atoms with van der Waals surface area (Å²) >= 11 is 0. The number of hydrogen-bond donors (Lipinski definition) is 3. The second kappa shape index (κ2) is 10.5. The van der Waals surface area contributed by atoms with Crippen molar-refractivity contribution in [2.75, 3.05) is 5.32 Å². The molecule has 3 heterocycles. The van der Waals surface area contributed by atoms with Gasteiger partial charge in [-0.3, -0.25) is 4.79 Å². The third kappa shape index (κ3) is 5.45. The van der Waals surface area contributed by atoms with E-state index in [2.05, 4.69) is 25.7 Å². The molecule has 9 heteroatoms. The highest BCUT2D eigenvalue weighted by molar-refractivity contribution is 5.98. The van der Waals surface area contributed by atoms with Gasteiger partial charge >= 0.3 is 6.09 Å². The second-order valence-corrected chi connectivity index (χ2v) is 9.13. The molecule has 188 valence electrons. The average Bonchev–Trinajstić information content (AvgIpc) is 3.52. The summed E-state index contributed by atoms with van der Waals surface area (Å²) in [6, 6.07) is 18.3. The van der Waals surface area contributed by atoms with Crippen molar-refractivity contribution in [2.24, 2.45) is 0 Å². The molecular formula is C28H28N6O3. The van der Waals surface area contributed by atoms with Crippen molar-refractivity contribution in [3.05, 3.63) is 90.4 Å². The van der Waals surface area contributed by atoms with Crippen molar-refractivity contribution in [1.29, 1.82) is 0 Å². The minimum atomic E-state index is -0.878. The summed E-state index contributed by atoms with van der Waals surface area (Å²) < 4.78 is 7.21. The van der Waals surface area contributed by atoms with Crippen LogP contribution in [0.1, 0.15) is 31.0 Å². The molecule has 0 radical (unpaired) electrons. The van der Waals surface area contributed by atoms with Gasteiger partial charge in [0.1, 0.15) is 12.6 Å². The first-order chi connectivity index (χ1) is 18.0. The van der Waals surface area contributed by atoms with Crippen molar-refractivity contribution in [3.63, 3.8) is 0 Å². The van der Waals surface area contributed by atoms with E-state index in [0.29, 0.717) is 5.69 Å². The lowest BCUT2D eigenvalue weighted by Gasteiger charge is -2.18. The smallest absolute Gasteiger partial charge is 0.408 e. The average molecular weight is 497 g/mol. The van der Waals surface area contributed by atoms with E-state index < -0.39 is 12.1 Å². The molecule has 2 amide bonds. The number of aromatic nitrogens is 4. The number of benzene rings is 2. The summed E-state index contributed by atoms with van der Waals surface area (Å²) in [5.41, 5.74) is 3.98. The summed E-state index contributed by atoms with van der Waals surface area (Å²) in [7, 11) is 0. The fourth-order valence-electron chi connectivity index (χ4n) is 4.25. The number of pyridine rings is 1. The van der Waals surface area contributed by atoms with Gasteiger partial charge in [0.05, 0.1) is 18.1 Å². The lowest BCUT2D eigenvalue weighted by molar-refractivity contribution is -0.118. The molecule has 3 N–H and O–H groups in total. The van der Waals surface area contributed by atoms with Crippen LogP contribution in [0.4, 0.5) is 10.5 Å². The topological polar surface area (TPSA) is 114 Å². The fraction of sp³-hybridized carbons (Fsp3) is 0.214. The van der Waals surface area contributed by atoms with Crippen molar-refractivity contribution >= 4 is 39.6 Å². The molecule has 3 aromatic heterocycles. The van der Waals surface area contributed by atoms with Gasteiger partial charge in [0.2, 0.25) is 5.91 Å². The zero-order valence-electron chi connectivity index (χ0n) is 20.6. The maximum Gasteiger partial charge on any atom is 0.408 e. The zero-order chi connectivity index (χ0) is 25.8. The van der Waals surface area contributed by atoms with Crippen molar-refractivity contribution in [3.8, 4) is 0 Å². The molecule has 0 saturated heterocycles. The Morgan fingerprint density at radius 1 is 1.05 bits per heavy atom. The molecule has 2 aromatic carbocycles. The fourth-order valence-corrected chi connectivity index (χ4v) is 4.25. The number of carbonyl (C=O) groups is 2. The Balaban J connectivity index is 1.34. The third-order valence-electron chi connectivity index (χ3n) is 6.11. The van der Waals surface area contributed by atoms with Crippen LogP contribution in [-0.2, 0) is 22.6 Å². The largest absolute Gasteiger partial charge is 0.445 e. The molecule has 0 aliphatic heterocycles. The number of rotatable bonds is 8. The van der Waals surface area contributed by atoms with Crippen LogP contribution in [0.3, 0.4) is 0 Å². The monoisotopic (exact) mass is 496 g/mol. The van der Waals surface area contributed by atoms with E-state index in [1.54, 1.807) is 12.4 Å². The van der Waals surface area contributed by atoms with E-state index in [0.717, 1.165) is 33.1 Å². The molecule has 0 spiro atoms. The highest BCUT2D eigenvalue weighted by Gasteiger charge is 2.24. The van der Waals surface area contributed by atoms with Gasteiger partial charge in [-0.05, 0) is 37.1 Å². The normalized spacial score (nSPS) is 12.1. The van der Waals surface area contributed by atoms with Crippen molar-refractivity contribution in [2.45, 2.75) is 39.0 Å². The molecular weight excluding hydrogens is 468 g/mol. The van der Waals surface area contributed by atoms with Crippen LogP contribution in [0.15, 0.2) is 79.3 Å². The van der Waals surface area contributed by atoms with E-state index in [9.17, 15) is 9.59 Å². The Kier molecular flexibility index (Phi) is 6.85. The van der Waals surface area contributed by atoms with Crippen LogP contribution in [0.2, 0.25) is 0 Å². The number of amides is 2. The van der Waals surface area contributed by atoms with E-state index in [4.69, 9.17) is 4.74 Å². The number of nitrogens with zero attached hydrogens (tertiary/aromatic N) is 3. The number of alkyl carbamates (subject to hydrolysis) is 1. The molecule has 0 saturated carbocycles. The summed E-state index contributed by atoms with van der Waals surface area (Å²) in [5, 5.41) is 11.8. The first-order valence-corrected chi connectivity index (χ1v) is 12.1. The maximum atomic E-state index is 13.4. The number of aromatic amines is 1. The molecule has 5 rings (SSSR count). The highest BCUT2D eigenvalue weighted by Crippen LogP contribution is 2.21. The van der Waals surface area contributed by atoms with Gasteiger partial charge in [0.15, 0.2) is 5.65 Å². The Hall–Kier alpha value is -4.66. The standard InChI is InChI=1S/C28H28N6O3/c1-18(2)34-26-21(15-31-34)12-22(16-30-26)32-27(35)25(13-20-14-29-24-11-7-6-10-23(20)24)33-28(36)37-17-19-8-4-3-5-9-19/h3-12,14-16,18,25,29H,13,17H2,1-2H3,(H,32,35)(H,33,36). The lowest BCUT2D eigenvalue weighted by Crippen LogP contribution is -2.45. The molecule has 1 atom stereocenters. The first kappa shape index (κ1) is 24.1. The molecule has 1 unspecified atom stereocenters. The second-order valence-electron chi connectivity index (χ2n) is 9.13. The minimum Gasteiger partial charge on any atom is -0.445 e. The number of ether oxygens (including phenoxy) is 1. The molecule has 9 nitrogen and oxygen atoms in total. The molecule has 0 fully saturated rings. The molecule has 0 aliphatic rings. The molecule has 37 heavy (non-hydrogen) atoms. The van der Waals surface area contributed by atoms with Gasteiger partial charge in [0.25, 0.3) is 0 Å². The summed E-state index contributed by atoms with van der Waals surface area (Å²) in [4.78, 5) is 33.8. The number of para-hydroxylation sites is 1. The number of nitrogens with one attached hydrogen (secondary N) is 3. The zero-order valence-corrected chi connectivity index (χ0v) is 20.6. The van der Waals surface area contributed by atoms with Crippen LogP contribution in [0.5, 0.6) is 0 Å². The van der Waals surface area contributed by atoms with E-state index in [1.807, 2.05) is 85.4 Å². The van der Waals surface area contributed by atoms with E-state index >= 15 is 0 Å². The summed E-state index contributed by atoms with van der Waals surface area (Å²) in [6.07, 6.45) is 4.78. The Morgan fingerprint density at radius 2 is 1.84 bits per heavy atom. The van der Waals surface area contributed by atoms with Crippen LogP contribution < -0.4 is 10.6 Å². The highest BCUT2D eigenvalue weighted by atomic mass is 16.5. The SMILES string of the molecule is CC(C)n1ncc2cc(NC(=O)C(Cc3c[nH]c4ccccc34)NC(=O)OCc3ccccc3)cnc21. The van der Waals surface area contributed by atoms with E-state index in [-0.39, 0.29) is 25.0 Å². The summed E-state index contributed by atoms with van der Waals surface area (Å²) in [5.74, 6) is -0.376. The van der Waals surface area contributed by atoms with Gasteiger partial charge in [-0.15, -0.1) is 0 Å². The molecule has 0 aliphatic carbocycles. The van der Waals surface area contributed by atoms with E-state index in [1.165, 1.54) is 0 Å². The van der Waals surface area contributed by atoms with Crippen molar-refractivity contribution in [1.82, 2.24) is 25.1 Å². The lowest BCUT2D eigenvalue weighted by atomic mass is 10.0. The first-order valence-electron chi connectivity index (χ1n) is 12.1. The van der Waals surface area contributed by atoms with Crippen LogP contribution in [0, 0.1) is 0 Å². The predicted molar refractivity (Wildman–Crippen MR) is 142 cm³/mol. The predicted octanol–water partition coefficient (Wildman–Crippen LogP) is 4.97. The number of H-pyrrole nitrogens is 1. The molecule has 0 bridgehead atoms. The van der Waals surface area contributed by atoms with Crippen LogP contribution >= 0.6 is 0 Å². The Morgan fingerprint density at radius 3 is 2.65 bits per heavy atom. The Labute approximate surface area is 213 Å². The van der Waals surface area contributed by atoms with Gasteiger partial charge < -0.3 is 20.4 Å². The van der Waals surface area contributed by atoms with Crippen LogP contribution in [0.25, 0.3) is 21.9 Å². The quantitative estimate of drug-likeness (QED) is 0.281. The maximum absolute atomic E-state index is 13.4. The van der Waals surface area contributed by atoms with Crippen molar-refractivity contribution < 1.29 is 14.3 Å². The molecule has 5 aromatic rings. The summed E-state index contributed by atoms with van der Waals surface area (Å²) in [6.45, 7) is 4.16. The number of carbonyl (C=O) groups excluding carboxylic acids is 2. The number of anilines is 1. The van der Waals surface area contributed by atoms with Crippen LogP contribution in [-0.4, -0.2) is 37.8 Å². The van der Waals surface area contributed by atoms with Gasteiger partial charge in [-0.25, -0.2) is 14.5 Å². The number of hydrogen-bond acceptors (Lipinski definition) is 5. The van der Waals surface area contributed by atoms with Gasteiger partial charge in [0, 0.05) is 34.9 Å².